The first kappa shape index (κ1) is 47.0. The van der Waals surface area contributed by atoms with E-state index in [1.54, 1.807) is 87.7 Å². The summed E-state index contributed by atoms with van der Waals surface area (Å²) < 4.78 is 24.1. The summed E-state index contributed by atoms with van der Waals surface area (Å²) in [7, 11) is 0. The molecule has 2 aliphatic rings. The quantitative estimate of drug-likeness (QED) is 0.173. The maximum atomic E-state index is 13.8. The van der Waals surface area contributed by atoms with Gasteiger partial charge in [-0.15, -0.1) is 0 Å². The van der Waals surface area contributed by atoms with Gasteiger partial charge in [0.1, 0.15) is 22.4 Å². The molecule has 4 amide bonds. The van der Waals surface area contributed by atoms with Crippen LogP contribution in [0.25, 0.3) is 22.6 Å². The first-order valence-corrected chi connectivity index (χ1v) is 19.3. The minimum Gasteiger partial charge on any atom is -0.444 e. The summed E-state index contributed by atoms with van der Waals surface area (Å²) in [6.07, 6.45) is -2.68. The lowest BCUT2D eigenvalue weighted by atomic mass is 10.1. The van der Waals surface area contributed by atoms with Gasteiger partial charge in [0.25, 0.3) is 5.56 Å². The van der Waals surface area contributed by atoms with Gasteiger partial charge in [-0.1, -0.05) is 0 Å². The first-order chi connectivity index (χ1) is 26.5. The van der Waals surface area contributed by atoms with Gasteiger partial charge in [0.2, 0.25) is 0 Å². The summed E-state index contributed by atoms with van der Waals surface area (Å²) in [5.41, 5.74) is -1.88. The number of hydrogen-bond donors (Lipinski definition) is 2. The number of carbonyl (C=O) groups is 4. The SMILES string of the molecule is Cc1cc2nc3c(=O)[nH]c(=O)nc-3n(CCN(CCN(CCN(CCNC(=O)OC(C)(C)C)C(=O)OC(C)(C)C)C(=O)OC(C)(C)C)C(=O)OC(C)(C)C)c2cc1C. The molecule has 3 rings (SSSR count). The largest absolute Gasteiger partial charge is 0.444 e. The number of nitrogens with one attached hydrogen (secondary N) is 2. The van der Waals surface area contributed by atoms with Gasteiger partial charge < -0.3 is 43.5 Å². The van der Waals surface area contributed by atoms with Crippen molar-refractivity contribution >= 4 is 35.4 Å². The third-order valence-corrected chi connectivity index (χ3v) is 8.10. The fourth-order valence-corrected chi connectivity index (χ4v) is 5.45. The molecule has 2 heterocycles. The Labute approximate surface area is 339 Å². The molecule has 0 spiro atoms. The molecule has 2 N–H and O–H groups in total. The molecule has 0 unspecified atom stereocenters. The standard InChI is InChI=1S/C40H62N8O10/c1-25-23-27-28(24-26(25)2)48(30-29(42-27)31(49)44-32(50)43-30)22-21-47(36(54)58-40(12,13)14)20-19-46(35(53)57-39(9,10)11)18-17-45(34(52)56-38(6,7)8)16-15-41-33(51)55-37(3,4)5/h23-24H,15-22H2,1-14H3,(H,41,51)(H,44,49,50). The molecule has 0 aliphatic carbocycles. The maximum Gasteiger partial charge on any atom is 0.410 e. The topological polar surface area (TPSA) is 208 Å². The minimum absolute atomic E-state index is 0.00587. The fraction of sp³-hybridized carbons (Fsp3) is 0.650. The smallest absolute Gasteiger partial charge is 0.410 e. The molecular formula is C40H62N8O10. The van der Waals surface area contributed by atoms with Gasteiger partial charge >= 0.3 is 30.1 Å². The van der Waals surface area contributed by atoms with Gasteiger partial charge in [-0.2, -0.15) is 4.98 Å². The lowest BCUT2D eigenvalue weighted by Crippen LogP contribution is -2.49. The van der Waals surface area contributed by atoms with Crippen LogP contribution < -0.4 is 16.6 Å². The molecule has 0 saturated carbocycles. The molecule has 2 aliphatic heterocycles. The maximum absolute atomic E-state index is 13.8. The Balaban J connectivity index is 1.96. The molecular weight excluding hydrogens is 752 g/mol. The van der Waals surface area contributed by atoms with Crippen LogP contribution in [0.15, 0.2) is 21.7 Å². The van der Waals surface area contributed by atoms with E-state index < -0.39 is 58.0 Å². The van der Waals surface area contributed by atoms with E-state index in [1.807, 2.05) is 26.0 Å². The van der Waals surface area contributed by atoms with Crippen LogP contribution in [0.4, 0.5) is 19.2 Å². The molecule has 0 fully saturated rings. The number of benzene rings is 1. The Morgan fingerprint density at radius 3 is 1.53 bits per heavy atom. The first-order valence-electron chi connectivity index (χ1n) is 19.3. The van der Waals surface area contributed by atoms with E-state index in [2.05, 4.69) is 20.3 Å². The zero-order valence-electron chi connectivity index (χ0n) is 36.6. The molecule has 58 heavy (non-hydrogen) atoms. The van der Waals surface area contributed by atoms with Crippen molar-refractivity contribution < 1.29 is 38.1 Å². The van der Waals surface area contributed by atoms with Crippen molar-refractivity contribution in [2.45, 2.75) is 126 Å². The predicted molar refractivity (Wildman–Crippen MR) is 218 cm³/mol. The molecule has 18 nitrogen and oxygen atoms in total. The van der Waals surface area contributed by atoms with E-state index >= 15 is 0 Å². The van der Waals surface area contributed by atoms with Crippen LogP contribution in [-0.2, 0) is 25.5 Å². The van der Waals surface area contributed by atoms with Crippen molar-refractivity contribution in [2.24, 2.45) is 0 Å². The van der Waals surface area contributed by atoms with Crippen LogP contribution in [0.3, 0.4) is 0 Å². The van der Waals surface area contributed by atoms with Crippen LogP contribution in [-0.4, -0.2) is 127 Å². The monoisotopic (exact) mass is 814 g/mol. The highest BCUT2D eigenvalue weighted by molar-refractivity contribution is 5.81. The summed E-state index contributed by atoms with van der Waals surface area (Å²) in [5.74, 6) is 0.0485. The highest BCUT2D eigenvalue weighted by Gasteiger charge is 2.29. The zero-order valence-corrected chi connectivity index (χ0v) is 36.6. The lowest BCUT2D eigenvalue weighted by Gasteiger charge is -2.33. The van der Waals surface area contributed by atoms with Gasteiger partial charge in [0, 0.05) is 52.4 Å². The Morgan fingerprint density at radius 1 is 0.638 bits per heavy atom. The Bertz CT molecular complexity index is 2030. The van der Waals surface area contributed by atoms with Crippen molar-refractivity contribution in [1.29, 1.82) is 0 Å². The number of aromatic amines is 1. The van der Waals surface area contributed by atoms with Gasteiger partial charge in [-0.3, -0.25) is 9.78 Å². The number of H-pyrrole nitrogens is 1. The van der Waals surface area contributed by atoms with Crippen molar-refractivity contribution in [2.75, 3.05) is 45.8 Å². The molecule has 0 bridgehead atoms. The summed E-state index contributed by atoms with van der Waals surface area (Å²) in [5, 5.41) is 2.64. The molecule has 0 atom stereocenters. The number of fused-ring (bicyclic) bond motifs is 2. The number of amides is 4. The Hall–Kier alpha value is -5.42. The second kappa shape index (κ2) is 18.4. The van der Waals surface area contributed by atoms with Crippen LogP contribution in [0.1, 0.15) is 94.2 Å². The van der Waals surface area contributed by atoms with Crippen LogP contribution in [0, 0.1) is 13.8 Å². The third-order valence-electron chi connectivity index (χ3n) is 8.10. The average molecular weight is 815 g/mol. The minimum atomic E-state index is -0.871. The highest BCUT2D eigenvalue weighted by Crippen LogP contribution is 2.24. The summed E-state index contributed by atoms with van der Waals surface area (Å²) in [6, 6.07) is 3.72. The summed E-state index contributed by atoms with van der Waals surface area (Å²) >= 11 is 0. The number of ether oxygens (including phenoxy) is 4. The van der Waals surface area contributed by atoms with Crippen molar-refractivity contribution in [1.82, 2.24) is 39.5 Å². The van der Waals surface area contributed by atoms with Gasteiger partial charge in [-0.25, -0.2) is 29.0 Å². The molecule has 322 valence electrons. The number of aryl methyl sites for hydroxylation is 2. The molecule has 18 heteroatoms. The normalized spacial score (nSPS) is 12.2. The molecule has 0 aromatic heterocycles. The lowest BCUT2D eigenvalue weighted by molar-refractivity contribution is 0.00809. The molecule has 0 radical (unpaired) electrons. The number of aromatic nitrogens is 4. The number of carbonyl (C=O) groups excluding carboxylic acids is 4. The van der Waals surface area contributed by atoms with E-state index in [1.165, 1.54) is 14.7 Å². The predicted octanol–water partition coefficient (Wildman–Crippen LogP) is 5.44. The van der Waals surface area contributed by atoms with Crippen molar-refractivity contribution in [3.63, 3.8) is 0 Å². The number of nitrogens with zero attached hydrogens (tertiary/aromatic N) is 6. The van der Waals surface area contributed by atoms with E-state index in [0.29, 0.717) is 11.0 Å². The number of alkyl carbamates (subject to hydrolysis) is 1. The van der Waals surface area contributed by atoms with Gasteiger partial charge in [0.05, 0.1) is 11.0 Å². The van der Waals surface area contributed by atoms with Crippen LogP contribution >= 0.6 is 0 Å². The average Bonchev–Trinajstić information content (AvgIpc) is 3.02. The van der Waals surface area contributed by atoms with Crippen molar-refractivity contribution in [3.8, 4) is 11.5 Å². The summed E-state index contributed by atoms with van der Waals surface area (Å²) in [6.45, 7) is 24.6. The van der Waals surface area contributed by atoms with E-state index in [0.717, 1.165) is 11.1 Å². The molecule has 1 aromatic rings. The number of hydrogen-bond acceptors (Lipinski definition) is 12. The Morgan fingerprint density at radius 2 is 1.07 bits per heavy atom. The van der Waals surface area contributed by atoms with E-state index in [4.69, 9.17) is 18.9 Å². The van der Waals surface area contributed by atoms with Crippen molar-refractivity contribution in [3.05, 3.63) is 44.1 Å². The van der Waals surface area contributed by atoms with E-state index in [9.17, 15) is 28.8 Å². The molecule has 1 aromatic carbocycles. The summed E-state index contributed by atoms with van der Waals surface area (Å²) in [4.78, 5) is 93.4. The Kier molecular flexibility index (Phi) is 14.9. The van der Waals surface area contributed by atoms with E-state index in [-0.39, 0.29) is 63.9 Å². The number of rotatable bonds is 12. The second-order valence-corrected chi connectivity index (χ2v) is 18.1. The second-order valence-electron chi connectivity index (χ2n) is 18.1. The fourth-order valence-electron chi connectivity index (χ4n) is 5.45. The third kappa shape index (κ3) is 14.8. The van der Waals surface area contributed by atoms with Gasteiger partial charge in [0.15, 0.2) is 11.5 Å². The van der Waals surface area contributed by atoms with Gasteiger partial charge in [-0.05, 0) is 120 Å². The zero-order chi connectivity index (χ0) is 44.0. The van der Waals surface area contributed by atoms with Crippen LogP contribution in [0.5, 0.6) is 0 Å². The molecule has 0 saturated heterocycles. The highest BCUT2D eigenvalue weighted by atomic mass is 16.6. The van der Waals surface area contributed by atoms with Crippen LogP contribution in [0.2, 0.25) is 0 Å².